The molecule has 1 aromatic carbocycles. The Morgan fingerprint density at radius 2 is 2.00 bits per heavy atom. The highest BCUT2D eigenvalue weighted by Gasteiger charge is 2.24. The smallest absolute Gasteiger partial charge is 0.325 e. The van der Waals surface area contributed by atoms with Gasteiger partial charge in [-0.2, -0.15) is 0 Å². The standard InChI is InChI=1S/C15H22N2O3/c1-16(7-8-17-9-11-20-12-10-17)14(15(18)19)13-5-3-2-4-6-13/h2-6,14H,7-12H2,1H3,(H,18,19). The van der Waals surface area contributed by atoms with E-state index >= 15 is 0 Å². The summed E-state index contributed by atoms with van der Waals surface area (Å²) in [5.74, 6) is -0.805. The first-order valence-corrected chi connectivity index (χ1v) is 6.96. The summed E-state index contributed by atoms with van der Waals surface area (Å²) in [4.78, 5) is 15.7. The number of nitrogens with zero attached hydrogens (tertiary/aromatic N) is 2. The molecular weight excluding hydrogens is 256 g/mol. The molecule has 0 aliphatic carbocycles. The molecule has 0 amide bonds. The monoisotopic (exact) mass is 278 g/mol. The molecule has 1 unspecified atom stereocenters. The molecule has 20 heavy (non-hydrogen) atoms. The van der Waals surface area contributed by atoms with E-state index in [-0.39, 0.29) is 0 Å². The van der Waals surface area contributed by atoms with Crippen LogP contribution < -0.4 is 0 Å². The van der Waals surface area contributed by atoms with Crippen LogP contribution in [0.3, 0.4) is 0 Å². The molecule has 2 rings (SSSR count). The van der Waals surface area contributed by atoms with Gasteiger partial charge in [0.2, 0.25) is 0 Å². The number of carboxylic acids is 1. The van der Waals surface area contributed by atoms with Crippen molar-refractivity contribution in [2.24, 2.45) is 0 Å². The van der Waals surface area contributed by atoms with Crippen molar-refractivity contribution in [1.29, 1.82) is 0 Å². The summed E-state index contributed by atoms with van der Waals surface area (Å²) in [7, 11) is 1.87. The van der Waals surface area contributed by atoms with Crippen LogP contribution in [0.2, 0.25) is 0 Å². The van der Waals surface area contributed by atoms with Crippen molar-refractivity contribution >= 4 is 5.97 Å². The molecule has 0 radical (unpaired) electrons. The van der Waals surface area contributed by atoms with Gasteiger partial charge < -0.3 is 9.84 Å². The number of likely N-dealkylation sites (N-methyl/N-ethyl adjacent to an activating group) is 1. The van der Waals surface area contributed by atoms with Gasteiger partial charge in [-0.1, -0.05) is 30.3 Å². The molecule has 5 nitrogen and oxygen atoms in total. The second-order valence-corrected chi connectivity index (χ2v) is 5.09. The first-order valence-electron chi connectivity index (χ1n) is 6.96. The number of hydrogen-bond donors (Lipinski definition) is 1. The van der Waals surface area contributed by atoms with Gasteiger partial charge in [0.1, 0.15) is 6.04 Å². The van der Waals surface area contributed by atoms with Crippen LogP contribution in [-0.2, 0) is 9.53 Å². The molecule has 0 aromatic heterocycles. The van der Waals surface area contributed by atoms with Gasteiger partial charge in [-0.15, -0.1) is 0 Å². The minimum atomic E-state index is -0.805. The summed E-state index contributed by atoms with van der Waals surface area (Å²) in [6, 6.07) is 8.80. The van der Waals surface area contributed by atoms with Gasteiger partial charge in [-0.05, 0) is 12.6 Å². The predicted octanol–water partition coefficient (Wildman–Crippen LogP) is 1.08. The first kappa shape index (κ1) is 15.0. The fourth-order valence-electron chi connectivity index (χ4n) is 2.47. The molecule has 0 spiro atoms. The Morgan fingerprint density at radius 3 is 2.60 bits per heavy atom. The molecule has 5 heteroatoms. The second kappa shape index (κ2) is 7.38. The Labute approximate surface area is 119 Å². The van der Waals surface area contributed by atoms with Gasteiger partial charge in [-0.3, -0.25) is 14.6 Å². The van der Waals surface area contributed by atoms with E-state index in [0.717, 1.165) is 45.0 Å². The number of benzene rings is 1. The van der Waals surface area contributed by atoms with Gasteiger partial charge >= 0.3 is 5.97 Å². The Kier molecular flexibility index (Phi) is 5.52. The third-order valence-electron chi connectivity index (χ3n) is 3.66. The third kappa shape index (κ3) is 4.03. The van der Waals surface area contributed by atoms with Crippen LogP contribution in [0.1, 0.15) is 11.6 Å². The fourth-order valence-corrected chi connectivity index (χ4v) is 2.47. The molecule has 1 saturated heterocycles. The lowest BCUT2D eigenvalue weighted by molar-refractivity contribution is -0.143. The van der Waals surface area contributed by atoms with Crippen LogP contribution >= 0.6 is 0 Å². The lowest BCUT2D eigenvalue weighted by Gasteiger charge is -2.30. The third-order valence-corrected chi connectivity index (χ3v) is 3.66. The highest BCUT2D eigenvalue weighted by atomic mass is 16.5. The predicted molar refractivity (Wildman–Crippen MR) is 76.7 cm³/mol. The Balaban J connectivity index is 1.93. The zero-order valence-corrected chi connectivity index (χ0v) is 11.9. The Morgan fingerprint density at radius 1 is 1.35 bits per heavy atom. The topological polar surface area (TPSA) is 53.0 Å². The first-order chi connectivity index (χ1) is 9.68. The summed E-state index contributed by atoms with van der Waals surface area (Å²) in [5.41, 5.74) is 0.824. The van der Waals surface area contributed by atoms with Crippen LogP contribution in [0.4, 0.5) is 0 Å². The lowest BCUT2D eigenvalue weighted by atomic mass is 10.1. The number of rotatable bonds is 6. The van der Waals surface area contributed by atoms with Gasteiger partial charge in [0.25, 0.3) is 0 Å². The van der Waals surface area contributed by atoms with Crippen molar-refractivity contribution in [2.45, 2.75) is 6.04 Å². The molecular formula is C15H22N2O3. The van der Waals surface area contributed by atoms with E-state index in [0.29, 0.717) is 0 Å². The van der Waals surface area contributed by atoms with E-state index < -0.39 is 12.0 Å². The molecule has 1 aliphatic heterocycles. The molecule has 0 bridgehead atoms. The quantitative estimate of drug-likeness (QED) is 0.844. The zero-order chi connectivity index (χ0) is 14.4. The van der Waals surface area contributed by atoms with E-state index in [1.807, 2.05) is 42.3 Å². The molecule has 1 heterocycles. The minimum absolute atomic E-state index is 0.586. The average molecular weight is 278 g/mol. The van der Waals surface area contributed by atoms with Crippen molar-refractivity contribution in [2.75, 3.05) is 46.4 Å². The number of ether oxygens (including phenoxy) is 1. The molecule has 0 saturated carbocycles. The van der Waals surface area contributed by atoms with E-state index in [2.05, 4.69) is 4.90 Å². The lowest BCUT2D eigenvalue weighted by Crippen LogP contribution is -2.42. The van der Waals surface area contributed by atoms with E-state index in [4.69, 9.17) is 4.74 Å². The summed E-state index contributed by atoms with van der Waals surface area (Å²) in [5, 5.41) is 9.46. The Hall–Kier alpha value is -1.43. The second-order valence-electron chi connectivity index (χ2n) is 5.09. The number of carbonyl (C=O) groups is 1. The average Bonchev–Trinajstić information content (AvgIpc) is 2.47. The van der Waals surface area contributed by atoms with Crippen LogP contribution in [0.25, 0.3) is 0 Å². The summed E-state index contributed by atoms with van der Waals surface area (Å²) in [6.07, 6.45) is 0. The number of hydrogen-bond acceptors (Lipinski definition) is 4. The van der Waals surface area contributed by atoms with Crippen molar-refractivity contribution in [3.63, 3.8) is 0 Å². The van der Waals surface area contributed by atoms with Crippen molar-refractivity contribution < 1.29 is 14.6 Å². The van der Waals surface area contributed by atoms with Gasteiger partial charge in [0.05, 0.1) is 13.2 Å². The largest absolute Gasteiger partial charge is 0.480 e. The van der Waals surface area contributed by atoms with Crippen molar-refractivity contribution in [3.05, 3.63) is 35.9 Å². The van der Waals surface area contributed by atoms with Gasteiger partial charge in [0.15, 0.2) is 0 Å². The van der Waals surface area contributed by atoms with Crippen LogP contribution in [0.5, 0.6) is 0 Å². The highest BCUT2D eigenvalue weighted by molar-refractivity contribution is 5.75. The molecule has 1 atom stereocenters. The number of morpholine rings is 1. The minimum Gasteiger partial charge on any atom is -0.480 e. The summed E-state index contributed by atoms with van der Waals surface area (Å²) < 4.78 is 5.31. The highest BCUT2D eigenvalue weighted by Crippen LogP contribution is 2.19. The molecule has 1 aliphatic rings. The molecule has 110 valence electrons. The van der Waals surface area contributed by atoms with Gasteiger partial charge in [-0.25, -0.2) is 0 Å². The maximum atomic E-state index is 11.5. The van der Waals surface area contributed by atoms with E-state index in [1.165, 1.54) is 0 Å². The SMILES string of the molecule is CN(CCN1CCOCC1)C(C(=O)O)c1ccccc1. The zero-order valence-electron chi connectivity index (χ0n) is 11.9. The summed E-state index contributed by atoms with van der Waals surface area (Å²) >= 11 is 0. The van der Waals surface area contributed by atoms with Gasteiger partial charge in [0, 0.05) is 26.2 Å². The van der Waals surface area contributed by atoms with E-state index in [9.17, 15) is 9.90 Å². The maximum Gasteiger partial charge on any atom is 0.325 e. The number of carboxylic acid groups (broad SMARTS) is 1. The number of aliphatic carboxylic acids is 1. The normalized spacial score (nSPS) is 18.1. The molecule has 1 fully saturated rings. The van der Waals surface area contributed by atoms with Crippen LogP contribution in [-0.4, -0.2) is 67.3 Å². The van der Waals surface area contributed by atoms with Crippen LogP contribution in [0.15, 0.2) is 30.3 Å². The van der Waals surface area contributed by atoms with Crippen LogP contribution in [0, 0.1) is 0 Å². The summed E-state index contributed by atoms with van der Waals surface area (Å²) in [6.45, 7) is 4.99. The van der Waals surface area contributed by atoms with Crippen molar-refractivity contribution in [3.8, 4) is 0 Å². The maximum absolute atomic E-state index is 11.5. The fraction of sp³-hybridized carbons (Fsp3) is 0.533. The van der Waals surface area contributed by atoms with Crippen molar-refractivity contribution in [1.82, 2.24) is 9.80 Å². The molecule has 1 N–H and O–H groups in total. The Bertz CT molecular complexity index is 418. The van der Waals surface area contributed by atoms with E-state index in [1.54, 1.807) is 0 Å². The molecule has 1 aromatic rings.